The molecule has 0 amide bonds. The molecular weight excluding hydrogens is 617 g/mol. The predicted octanol–water partition coefficient (Wildman–Crippen LogP) is 5.90. The van der Waals surface area contributed by atoms with E-state index in [4.69, 9.17) is 29.3 Å². The van der Waals surface area contributed by atoms with Gasteiger partial charge in [0.25, 0.3) is 0 Å². The molecule has 35 heavy (non-hydrogen) atoms. The van der Waals surface area contributed by atoms with Crippen molar-refractivity contribution in [2.24, 2.45) is 0 Å². The minimum absolute atomic E-state index is 0.167. The summed E-state index contributed by atoms with van der Waals surface area (Å²) in [6.45, 7) is 17.8. The molecule has 0 aliphatic carbocycles. The maximum Gasteiger partial charge on any atom is 0.335 e. The molecule has 4 rings (SSSR count). The molecule has 0 aromatic carbocycles. The topological polar surface area (TPSA) is 87.9 Å². The first-order chi connectivity index (χ1) is 16.4. The zero-order valence-electron chi connectivity index (χ0n) is 21.7. The van der Waals surface area contributed by atoms with Crippen LogP contribution in [0.25, 0.3) is 11.0 Å². The molecule has 0 bridgehead atoms. The van der Waals surface area contributed by atoms with Gasteiger partial charge in [-0.2, -0.15) is 0 Å². The van der Waals surface area contributed by atoms with Crippen LogP contribution in [0.2, 0.25) is 27.3 Å². The van der Waals surface area contributed by atoms with E-state index in [9.17, 15) is 5.11 Å². The van der Waals surface area contributed by atoms with Crippen molar-refractivity contribution >= 4 is 62.3 Å². The van der Waals surface area contributed by atoms with E-state index >= 15 is 0 Å². The largest absolute Gasteiger partial charge is 0.414 e. The Balaban J connectivity index is 1.79. The Hall–Kier alpha value is -0.126. The fourth-order valence-electron chi connectivity index (χ4n) is 5.57. The van der Waals surface area contributed by atoms with Gasteiger partial charge in [-0.15, -0.1) is 0 Å². The SMILES string of the molecule is CC(C)[Si]1(C(C)C)OCC2OC(n3cc(I)c4c(Cl)ncnc43)[C@H](O)[C@@H]2O[Si](C(C)C)(C(C)C)O1. The molecule has 12 heteroatoms. The number of ether oxygens (including phenoxy) is 1. The number of nitrogens with zero attached hydrogens (tertiary/aromatic N) is 3. The number of hydrogen-bond donors (Lipinski definition) is 1. The summed E-state index contributed by atoms with van der Waals surface area (Å²) in [6, 6.07) is 0. The first-order valence-electron chi connectivity index (χ1n) is 12.4. The highest BCUT2D eigenvalue weighted by atomic mass is 127. The number of rotatable bonds is 5. The van der Waals surface area contributed by atoms with Crippen molar-refractivity contribution < 1.29 is 22.8 Å². The second-order valence-corrected chi connectivity index (χ2v) is 21.2. The first kappa shape index (κ1) is 27.9. The highest BCUT2D eigenvalue weighted by molar-refractivity contribution is 14.1. The highest BCUT2D eigenvalue weighted by Gasteiger charge is 2.61. The van der Waals surface area contributed by atoms with Crippen molar-refractivity contribution in [2.45, 2.75) is 102 Å². The van der Waals surface area contributed by atoms with Gasteiger partial charge in [-0.05, 0) is 44.8 Å². The fraction of sp³-hybridized carbons (Fsp3) is 0.739. The molecule has 2 aliphatic heterocycles. The number of aliphatic hydroxyl groups is 1. The predicted molar refractivity (Wildman–Crippen MR) is 149 cm³/mol. The van der Waals surface area contributed by atoms with E-state index in [-0.39, 0.29) is 22.2 Å². The van der Waals surface area contributed by atoms with E-state index in [2.05, 4.69) is 87.9 Å². The van der Waals surface area contributed by atoms with E-state index in [1.807, 2.05) is 10.8 Å². The van der Waals surface area contributed by atoms with Crippen molar-refractivity contribution in [1.29, 1.82) is 0 Å². The third-order valence-electron chi connectivity index (χ3n) is 7.43. The molecule has 4 atom stereocenters. The second kappa shape index (κ2) is 10.2. The van der Waals surface area contributed by atoms with Gasteiger partial charge < -0.3 is 27.4 Å². The van der Waals surface area contributed by atoms with Crippen LogP contribution in [0.4, 0.5) is 0 Å². The summed E-state index contributed by atoms with van der Waals surface area (Å²) < 4.78 is 30.3. The van der Waals surface area contributed by atoms with Gasteiger partial charge >= 0.3 is 17.1 Å². The van der Waals surface area contributed by atoms with Gasteiger partial charge in [0.1, 0.15) is 35.4 Å². The molecule has 8 nitrogen and oxygen atoms in total. The molecule has 196 valence electrons. The number of aliphatic hydroxyl groups excluding tert-OH is 1. The van der Waals surface area contributed by atoms with Crippen LogP contribution in [0.15, 0.2) is 12.5 Å². The second-order valence-electron chi connectivity index (χ2n) is 10.9. The lowest BCUT2D eigenvalue weighted by atomic mass is 10.1. The Morgan fingerprint density at radius 2 is 1.63 bits per heavy atom. The average Bonchev–Trinajstić information content (AvgIpc) is 3.24. The Kier molecular flexibility index (Phi) is 8.14. The summed E-state index contributed by atoms with van der Waals surface area (Å²) in [7, 11) is -5.54. The molecule has 2 fully saturated rings. The highest BCUT2D eigenvalue weighted by Crippen LogP contribution is 2.48. The van der Waals surface area contributed by atoms with Gasteiger partial charge in [-0.25, -0.2) is 9.97 Å². The van der Waals surface area contributed by atoms with Crippen LogP contribution in [-0.2, 0) is 17.7 Å². The average molecular weight is 654 g/mol. The minimum atomic E-state index is -2.86. The molecule has 2 aromatic heterocycles. The lowest BCUT2D eigenvalue weighted by Crippen LogP contribution is -2.65. The van der Waals surface area contributed by atoms with E-state index in [1.165, 1.54) is 6.33 Å². The third kappa shape index (κ3) is 4.56. The van der Waals surface area contributed by atoms with Crippen molar-refractivity contribution in [3.63, 3.8) is 0 Å². The summed E-state index contributed by atoms with van der Waals surface area (Å²) in [4.78, 5) is 8.55. The molecule has 0 saturated carbocycles. The normalized spacial score (nSPS) is 28.8. The number of hydrogen-bond acceptors (Lipinski definition) is 7. The van der Waals surface area contributed by atoms with Crippen LogP contribution in [0.5, 0.6) is 0 Å². The molecule has 2 saturated heterocycles. The Labute approximate surface area is 228 Å². The van der Waals surface area contributed by atoms with Crippen LogP contribution in [0.1, 0.15) is 61.6 Å². The third-order valence-corrected chi connectivity index (χ3v) is 18.8. The molecule has 4 heterocycles. The number of halogens is 2. The van der Waals surface area contributed by atoms with Gasteiger partial charge in [0.05, 0.1) is 12.0 Å². The fourth-order valence-corrected chi connectivity index (χ4v) is 18.0. The maximum atomic E-state index is 11.6. The van der Waals surface area contributed by atoms with Crippen LogP contribution < -0.4 is 0 Å². The summed E-state index contributed by atoms with van der Waals surface area (Å²) in [5, 5.41) is 12.7. The standard InChI is InChI=1S/C23H37ClIN3O5Si2/c1-12(2)34(13(3)4)30-10-17-20(32-35(33-34,14(5)6)15(7)8)19(29)23(31-17)28-9-16(25)18-21(24)26-11-27-22(18)28/h9,11-15,17,19-20,23,29H,10H2,1-8H3/t17?,19-,20-,23?/m1/s1. The first-order valence-corrected chi connectivity index (χ1v) is 17.8. The molecule has 2 unspecified atom stereocenters. The van der Waals surface area contributed by atoms with E-state index in [0.29, 0.717) is 17.4 Å². The van der Waals surface area contributed by atoms with E-state index < -0.39 is 41.7 Å². The molecule has 2 aliphatic rings. The lowest BCUT2D eigenvalue weighted by molar-refractivity contribution is -0.0568. The quantitative estimate of drug-likeness (QED) is 0.244. The van der Waals surface area contributed by atoms with Crippen molar-refractivity contribution in [3.05, 3.63) is 21.2 Å². The molecule has 1 N–H and O–H groups in total. The summed E-state index contributed by atoms with van der Waals surface area (Å²) in [5.41, 5.74) is 1.43. The summed E-state index contributed by atoms with van der Waals surface area (Å²) in [5.74, 6) is 0. The lowest BCUT2D eigenvalue weighted by Gasteiger charge is -2.51. The van der Waals surface area contributed by atoms with Gasteiger partial charge in [-0.1, -0.05) is 67.0 Å². The maximum absolute atomic E-state index is 11.6. The van der Waals surface area contributed by atoms with Crippen LogP contribution in [0, 0.1) is 3.57 Å². The smallest absolute Gasteiger partial charge is 0.335 e. The number of fused-ring (bicyclic) bond motifs is 2. The Morgan fingerprint density at radius 3 is 2.20 bits per heavy atom. The molecule has 2 aromatic rings. The van der Waals surface area contributed by atoms with Gasteiger partial charge in [0.15, 0.2) is 6.23 Å². The van der Waals surface area contributed by atoms with Crippen LogP contribution in [0.3, 0.4) is 0 Å². The van der Waals surface area contributed by atoms with Crippen LogP contribution in [-0.4, -0.2) is 61.7 Å². The van der Waals surface area contributed by atoms with Gasteiger partial charge in [-0.3, -0.25) is 0 Å². The zero-order chi connectivity index (χ0) is 25.9. The van der Waals surface area contributed by atoms with E-state index in [0.717, 1.165) is 8.96 Å². The Morgan fingerprint density at radius 1 is 1.03 bits per heavy atom. The van der Waals surface area contributed by atoms with Gasteiger partial charge in [0.2, 0.25) is 0 Å². The number of aromatic nitrogens is 3. The monoisotopic (exact) mass is 653 g/mol. The summed E-state index contributed by atoms with van der Waals surface area (Å²) >= 11 is 8.57. The van der Waals surface area contributed by atoms with Crippen molar-refractivity contribution in [2.75, 3.05) is 6.61 Å². The molecule has 0 radical (unpaired) electrons. The van der Waals surface area contributed by atoms with E-state index in [1.54, 1.807) is 0 Å². The molecule has 0 spiro atoms. The Bertz CT molecular complexity index is 1050. The summed E-state index contributed by atoms with van der Waals surface area (Å²) in [6.07, 6.45) is 0.700. The zero-order valence-corrected chi connectivity index (χ0v) is 26.6. The van der Waals surface area contributed by atoms with Crippen molar-refractivity contribution in [3.8, 4) is 0 Å². The van der Waals surface area contributed by atoms with Gasteiger partial charge in [0, 0.05) is 9.77 Å². The minimum Gasteiger partial charge on any atom is -0.414 e. The molecular formula is C23H37ClIN3O5Si2. The van der Waals surface area contributed by atoms with Crippen molar-refractivity contribution in [1.82, 2.24) is 14.5 Å². The van der Waals surface area contributed by atoms with Crippen LogP contribution >= 0.6 is 34.2 Å².